The second-order valence-electron chi connectivity index (χ2n) is 7.42. The van der Waals surface area contributed by atoms with Crippen LogP contribution in [0, 0.1) is 11.6 Å². The van der Waals surface area contributed by atoms with Gasteiger partial charge >= 0.3 is 0 Å². The van der Waals surface area contributed by atoms with Gasteiger partial charge in [0.25, 0.3) is 11.8 Å². The van der Waals surface area contributed by atoms with Gasteiger partial charge in [-0.1, -0.05) is 24.3 Å². The number of carbonyl (C=O) groups is 1. The minimum atomic E-state index is -0.865. The molecule has 1 aliphatic rings. The first-order chi connectivity index (χ1) is 16.1. The Balaban J connectivity index is 1.29. The predicted octanol–water partition coefficient (Wildman–Crippen LogP) is 3.43. The minimum Gasteiger partial charge on any atom is -0.415 e. The van der Waals surface area contributed by atoms with Crippen LogP contribution in [-0.2, 0) is 0 Å². The molecule has 1 amide bonds. The van der Waals surface area contributed by atoms with Crippen molar-refractivity contribution in [1.29, 1.82) is 0 Å². The van der Waals surface area contributed by atoms with E-state index in [4.69, 9.17) is 4.42 Å². The second-order valence-corrected chi connectivity index (χ2v) is 7.42. The number of rotatable bonds is 4. The van der Waals surface area contributed by atoms with Crippen molar-refractivity contribution in [2.45, 2.75) is 0 Å². The number of nitrogens with zero attached hydrogens (tertiary/aromatic N) is 6. The number of hydrogen-bond donors (Lipinski definition) is 0. The largest absolute Gasteiger partial charge is 0.415 e. The summed E-state index contributed by atoms with van der Waals surface area (Å²) in [5.74, 6) is -1.19. The zero-order valence-electron chi connectivity index (χ0n) is 17.4. The van der Waals surface area contributed by atoms with Crippen LogP contribution >= 0.6 is 0 Å². The van der Waals surface area contributed by atoms with Crippen LogP contribution in [0.5, 0.6) is 0 Å². The van der Waals surface area contributed by atoms with E-state index in [2.05, 4.69) is 20.2 Å². The summed E-state index contributed by atoms with van der Waals surface area (Å²) in [6.07, 6.45) is 3.14. The van der Waals surface area contributed by atoms with E-state index < -0.39 is 23.1 Å². The molecular weight excluding hydrogens is 430 g/mol. The molecule has 0 bridgehead atoms. The standard InChI is InChI=1S/C23H18F2N6O2/c24-16-7-4-8-17(25)20(16)23(32)31-11-9-30(10-12-31)19-14-26-13-18(27-19)22-29-28-21(33-22)15-5-2-1-3-6-15/h1-8,13-14H,9-12H2. The average Bonchev–Trinajstić information content (AvgIpc) is 3.35. The Labute approximate surface area is 187 Å². The average molecular weight is 448 g/mol. The molecule has 1 saturated heterocycles. The van der Waals surface area contributed by atoms with Crippen molar-refractivity contribution in [2.75, 3.05) is 31.1 Å². The zero-order chi connectivity index (χ0) is 22.8. The fourth-order valence-electron chi connectivity index (χ4n) is 3.63. The maximum atomic E-state index is 14.0. The molecule has 0 saturated carbocycles. The summed E-state index contributed by atoms with van der Waals surface area (Å²) in [7, 11) is 0. The zero-order valence-corrected chi connectivity index (χ0v) is 17.4. The van der Waals surface area contributed by atoms with E-state index in [0.29, 0.717) is 30.5 Å². The Bertz CT molecular complexity index is 1270. The Kier molecular flexibility index (Phi) is 5.47. The molecule has 2 aromatic heterocycles. The van der Waals surface area contributed by atoms with Crippen molar-refractivity contribution in [3.8, 4) is 23.0 Å². The molecule has 0 spiro atoms. The number of piperazine rings is 1. The lowest BCUT2D eigenvalue weighted by Crippen LogP contribution is -2.49. The maximum absolute atomic E-state index is 14.0. The van der Waals surface area contributed by atoms with Gasteiger partial charge in [-0.3, -0.25) is 9.78 Å². The highest BCUT2D eigenvalue weighted by atomic mass is 19.1. The summed E-state index contributed by atoms with van der Waals surface area (Å²) in [6.45, 7) is 1.44. The maximum Gasteiger partial charge on any atom is 0.268 e. The van der Waals surface area contributed by atoms with Crippen molar-refractivity contribution in [3.63, 3.8) is 0 Å². The van der Waals surface area contributed by atoms with Gasteiger partial charge in [-0.25, -0.2) is 13.8 Å². The van der Waals surface area contributed by atoms with Gasteiger partial charge in [0.15, 0.2) is 0 Å². The third-order valence-electron chi connectivity index (χ3n) is 5.35. The quantitative estimate of drug-likeness (QED) is 0.473. The molecule has 166 valence electrons. The highest BCUT2D eigenvalue weighted by molar-refractivity contribution is 5.95. The molecule has 0 radical (unpaired) electrons. The fraction of sp³-hybridized carbons (Fsp3) is 0.174. The van der Waals surface area contributed by atoms with Crippen LogP contribution < -0.4 is 4.90 Å². The van der Waals surface area contributed by atoms with Gasteiger partial charge in [0.05, 0.1) is 12.4 Å². The summed E-state index contributed by atoms with van der Waals surface area (Å²) < 4.78 is 33.7. The van der Waals surface area contributed by atoms with Gasteiger partial charge in [0.2, 0.25) is 5.89 Å². The summed E-state index contributed by atoms with van der Waals surface area (Å²) >= 11 is 0. The molecule has 33 heavy (non-hydrogen) atoms. The van der Waals surface area contributed by atoms with Crippen LogP contribution in [0.15, 0.2) is 65.3 Å². The number of hydrogen-bond acceptors (Lipinski definition) is 7. The van der Waals surface area contributed by atoms with E-state index in [9.17, 15) is 13.6 Å². The molecule has 2 aromatic carbocycles. The second kappa shape index (κ2) is 8.73. The van der Waals surface area contributed by atoms with Crippen LogP contribution in [0.25, 0.3) is 23.0 Å². The molecule has 0 aliphatic carbocycles. The Morgan fingerprint density at radius 1 is 0.848 bits per heavy atom. The van der Waals surface area contributed by atoms with E-state index in [1.807, 2.05) is 35.2 Å². The number of amides is 1. The molecule has 4 aromatic rings. The molecule has 1 aliphatic heterocycles. The van der Waals surface area contributed by atoms with Crippen molar-refractivity contribution in [1.82, 2.24) is 25.1 Å². The summed E-state index contributed by atoms with van der Waals surface area (Å²) in [5.41, 5.74) is 0.694. The third-order valence-corrected chi connectivity index (χ3v) is 5.35. The predicted molar refractivity (Wildman–Crippen MR) is 115 cm³/mol. The highest BCUT2D eigenvalue weighted by Crippen LogP contribution is 2.24. The van der Waals surface area contributed by atoms with Crippen molar-refractivity contribution < 1.29 is 18.0 Å². The van der Waals surface area contributed by atoms with E-state index >= 15 is 0 Å². The van der Waals surface area contributed by atoms with E-state index in [1.54, 1.807) is 6.20 Å². The molecule has 8 nitrogen and oxygen atoms in total. The summed E-state index contributed by atoms with van der Waals surface area (Å²) in [5, 5.41) is 8.15. The van der Waals surface area contributed by atoms with E-state index in [1.165, 1.54) is 17.2 Å². The van der Waals surface area contributed by atoms with Crippen LogP contribution in [0.4, 0.5) is 14.6 Å². The van der Waals surface area contributed by atoms with Crippen molar-refractivity contribution in [3.05, 3.63) is 78.1 Å². The van der Waals surface area contributed by atoms with Gasteiger partial charge in [-0.05, 0) is 24.3 Å². The van der Waals surface area contributed by atoms with Gasteiger partial charge in [-0.2, -0.15) is 0 Å². The molecule has 1 fully saturated rings. The van der Waals surface area contributed by atoms with Crippen molar-refractivity contribution in [2.24, 2.45) is 0 Å². The van der Waals surface area contributed by atoms with Gasteiger partial charge in [0, 0.05) is 31.7 Å². The van der Waals surface area contributed by atoms with Gasteiger partial charge in [0.1, 0.15) is 28.7 Å². The topological polar surface area (TPSA) is 88.3 Å². The Morgan fingerprint density at radius 2 is 1.55 bits per heavy atom. The molecule has 0 N–H and O–H groups in total. The SMILES string of the molecule is O=C(c1c(F)cccc1F)N1CCN(c2cncc(-c3nnc(-c4ccccc4)o3)n2)CC1. The number of anilines is 1. The lowest BCUT2D eigenvalue weighted by Gasteiger charge is -2.35. The molecular formula is C23H18F2N6O2. The van der Waals surface area contributed by atoms with Crippen LogP contribution in [0.2, 0.25) is 0 Å². The molecule has 0 atom stereocenters. The Morgan fingerprint density at radius 3 is 2.27 bits per heavy atom. The minimum absolute atomic E-state index is 0.243. The van der Waals surface area contributed by atoms with Gasteiger partial charge in [-0.15, -0.1) is 10.2 Å². The molecule has 5 rings (SSSR count). The Hall–Kier alpha value is -4.21. The van der Waals surface area contributed by atoms with E-state index in [0.717, 1.165) is 17.7 Å². The highest BCUT2D eigenvalue weighted by Gasteiger charge is 2.27. The van der Waals surface area contributed by atoms with Crippen molar-refractivity contribution >= 4 is 11.7 Å². The molecule has 0 unspecified atom stereocenters. The van der Waals surface area contributed by atoms with Gasteiger partial charge < -0.3 is 14.2 Å². The lowest BCUT2D eigenvalue weighted by molar-refractivity contribution is 0.0736. The monoisotopic (exact) mass is 448 g/mol. The normalized spacial score (nSPS) is 13.9. The molecule has 3 heterocycles. The third kappa shape index (κ3) is 4.14. The smallest absolute Gasteiger partial charge is 0.268 e. The first-order valence-electron chi connectivity index (χ1n) is 10.3. The molecule has 10 heteroatoms. The first kappa shape index (κ1) is 20.7. The van der Waals surface area contributed by atoms with Crippen LogP contribution in [0.1, 0.15) is 10.4 Å². The fourth-order valence-corrected chi connectivity index (χ4v) is 3.63. The number of benzene rings is 2. The van der Waals surface area contributed by atoms with Crippen LogP contribution in [-0.4, -0.2) is 57.2 Å². The summed E-state index contributed by atoms with van der Waals surface area (Å²) in [4.78, 5) is 24.8. The number of carbonyl (C=O) groups excluding carboxylic acids is 1. The lowest BCUT2D eigenvalue weighted by atomic mass is 10.1. The van der Waals surface area contributed by atoms with E-state index in [-0.39, 0.29) is 19.0 Å². The van der Waals surface area contributed by atoms with Crippen LogP contribution in [0.3, 0.4) is 0 Å². The number of halogens is 2. The first-order valence-corrected chi connectivity index (χ1v) is 10.3. The summed E-state index contributed by atoms with van der Waals surface area (Å²) in [6, 6.07) is 12.8. The number of aromatic nitrogens is 4.